The van der Waals surface area contributed by atoms with Crippen molar-refractivity contribution in [2.75, 3.05) is 0 Å². The summed E-state index contributed by atoms with van der Waals surface area (Å²) in [6.07, 6.45) is 10.9. The van der Waals surface area contributed by atoms with Crippen LogP contribution in [-0.2, 0) is 0 Å². The Morgan fingerprint density at radius 2 is 2.10 bits per heavy atom. The summed E-state index contributed by atoms with van der Waals surface area (Å²) in [7, 11) is 0. The van der Waals surface area contributed by atoms with Crippen LogP contribution in [0.15, 0.2) is 18.2 Å². The number of fused-ring (bicyclic) bond motifs is 1. The molecular weight excluding hydrogens is 336 g/mol. The van der Waals surface area contributed by atoms with Gasteiger partial charge in [-0.2, -0.15) is 0 Å². The summed E-state index contributed by atoms with van der Waals surface area (Å²) in [4.78, 5) is 4.10. The standard InChI is InChI=1S/C16H6BrClN2/c1-3-12-8-7-9-14-15(12)19-16(13(17)4-2)20(14)11-6-5-10-18/h1-2,7-9,13H. The minimum atomic E-state index is -0.376. The topological polar surface area (TPSA) is 17.8 Å². The highest BCUT2D eigenvalue weighted by molar-refractivity contribution is 9.09. The van der Waals surface area contributed by atoms with Crippen LogP contribution in [0.3, 0.4) is 0 Å². The number of para-hydroxylation sites is 1. The van der Waals surface area contributed by atoms with E-state index < -0.39 is 0 Å². The number of benzene rings is 1. The van der Waals surface area contributed by atoms with Crippen LogP contribution >= 0.6 is 27.5 Å². The van der Waals surface area contributed by atoms with Crippen molar-refractivity contribution in [3.8, 4) is 48.0 Å². The first-order valence-electron chi connectivity index (χ1n) is 5.42. The average Bonchev–Trinajstić information content (AvgIpc) is 2.85. The molecule has 1 aromatic carbocycles. The first-order valence-corrected chi connectivity index (χ1v) is 6.72. The molecule has 4 heteroatoms. The van der Waals surface area contributed by atoms with Crippen molar-refractivity contribution in [2.24, 2.45) is 0 Å². The van der Waals surface area contributed by atoms with Gasteiger partial charge >= 0.3 is 0 Å². The Balaban J connectivity index is 2.81. The van der Waals surface area contributed by atoms with Crippen LogP contribution in [0.25, 0.3) is 11.0 Å². The fourth-order valence-corrected chi connectivity index (χ4v) is 2.06. The lowest BCUT2D eigenvalue weighted by atomic mass is 10.2. The molecule has 0 saturated heterocycles. The summed E-state index contributed by atoms with van der Waals surface area (Å²) in [6, 6.07) is 8.38. The molecule has 2 rings (SSSR count). The van der Waals surface area contributed by atoms with Gasteiger partial charge in [0.15, 0.2) is 0 Å². The van der Waals surface area contributed by atoms with Gasteiger partial charge < -0.3 is 0 Å². The molecule has 0 bridgehead atoms. The summed E-state index contributed by atoms with van der Waals surface area (Å²) >= 11 is 8.65. The predicted octanol–water partition coefficient (Wildman–Crippen LogP) is 3.10. The average molecular weight is 342 g/mol. The zero-order valence-corrected chi connectivity index (χ0v) is 12.5. The lowest BCUT2D eigenvalue weighted by Crippen LogP contribution is -1.99. The van der Waals surface area contributed by atoms with Crippen molar-refractivity contribution >= 4 is 38.6 Å². The van der Waals surface area contributed by atoms with Crippen LogP contribution in [0.5, 0.6) is 0 Å². The van der Waals surface area contributed by atoms with Gasteiger partial charge in [-0.1, -0.05) is 33.8 Å². The zero-order valence-electron chi connectivity index (χ0n) is 10.1. The molecule has 20 heavy (non-hydrogen) atoms. The van der Waals surface area contributed by atoms with Crippen molar-refractivity contribution in [3.63, 3.8) is 0 Å². The third-order valence-electron chi connectivity index (χ3n) is 2.52. The SMILES string of the molecule is C#Cc1cccc2c1nc(C(Br)C#C)n2C#CC#CCl. The van der Waals surface area contributed by atoms with Gasteiger partial charge in [0.2, 0.25) is 0 Å². The summed E-state index contributed by atoms with van der Waals surface area (Å²) in [5.41, 5.74) is 2.14. The normalized spacial score (nSPS) is 10.4. The number of hydrogen-bond acceptors (Lipinski definition) is 1. The lowest BCUT2D eigenvalue weighted by molar-refractivity contribution is 0.986. The van der Waals surface area contributed by atoms with Gasteiger partial charge in [0.05, 0.1) is 11.1 Å². The summed E-state index contributed by atoms with van der Waals surface area (Å²) in [5, 5.41) is 2.19. The maximum atomic E-state index is 5.48. The van der Waals surface area contributed by atoms with Crippen LogP contribution in [-0.4, -0.2) is 9.55 Å². The number of rotatable bonds is 1. The van der Waals surface area contributed by atoms with Gasteiger partial charge in [-0.25, -0.2) is 4.98 Å². The van der Waals surface area contributed by atoms with Gasteiger partial charge in [-0.05, 0) is 23.7 Å². The molecule has 0 aliphatic heterocycles. The molecule has 1 heterocycles. The summed E-state index contributed by atoms with van der Waals surface area (Å²) in [5.74, 6) is 10.8. The molecule has 1 atom stereocenters. The van der Waals surface area contributed by atoms with Gasteiger partial charge in [0, 0.05) is 23.3 Å². The number of aromatic nitrogens is 2. The molecule has 2 nitrogen and oxygen atoms in total. The maximum absolute atomic E-state index is 5.48. The van der Waals surface area contributed by atoms with Gasteiger partial charge in [0.1, 0.15) is 16.2 Å². The number of terminal acetylenes is 2. The van der Waals surface area contributed by atoms with E-state index in [4.69, 9.17) is 24.4 Å². The Hall–Kier alpha value is -2.30. The number of alkyl halides is 1. The smallest absolute Gasteiger partial charge is 0.147 e. The molecule has 0 amide bonds. The van der Waals surface area contributed by atoms with Crippen molar-refractivity contribution < 1.29 is 0 Å². The molecule has 0 aliphatic rings. The number of hydrogen-bond donors (Lipinski definition) is 0. The zero-order chi connectivity index (χ0) is 14.5. The van der Waals surface area contributed by atoms with Crippen LogP contribution in [0, 0.1) is 48.0 Å². The van der Waals surface area contributed by atoms with E-state index in [-0.39, 0.29) is 4.83 Å². The minimum absolute atomic E-state index is 0.376. The molecule has 1 unspecified atom stereocenters. The van der Waals surface area contributed by atoms with E-state index in [0.29, 0.717) is 16.9 Å². The van der Waals surface area contributed by atoms with Gasteiger partial charge in [0.25, 0.3) is 0 Å². The Morgan fingerprint density at radius 1 is 1.30 bits per heavy atom. The van der Waals surface area contributed by atoms with E-state index in [1.807, 2.05) is 18.2 Å². The lowest BCUT2D eigenvalue weighted by Gasteiger charge is -2.01. The van der Waals surface area contributed by atoms with Gasteiger partial charge in [-0.3, -0.25) is 4.57 Å². The molecule has 0 saturated carbocycles. The fraction of sp³-hybridized carbons (Fsp3) is 0.0625. The van der Waals surface area contributed by atoms with E-state index >= 15 is 0 Å². The minimum Gasteiger partial charge on any atom is -0.252 e. The third-order valence-corrected chi connectivity index (χ3v) is 3.29. The highest BCUT2D eigenvalue weighted by Gasteiger charge is 2.16. The second kappa shape index (κ2) is 6.23. The van der Waals surface area contributed by atoms with E-state index in [1.165, 1.54) is 0 Å². The molecule has 0 fully saturated rings. The Bertz CT molecular complexity index is 873. The second-order valence-corrected chi connectivity index (χ2v) is 4.71. The monoisotopic (exact) mass is 340 g/mol. The molecular formula is C16H6BrClN2. The van der Waals surface area contributed by atoms with Crippen LogP contribution in [0.1, 0.15) is 16.2 Å². The number of nitrogens with zero attached hydrogens (tertiary/aromatic N) is 2. The van der Waals surface area contributed by atoms with Crippen molar-refractivity contribution in [1.82, 2.24) is 9.55 Å². The Kier molecular flexibility index (Phi) is 4.40. The molecule has 0 spiro atoms. The number of halogens is 2. The van der Waals surface area contributed by atoms with Crippen molar-refractivity contribution in [3.05, 3.63) is 29.6 Å². The van der Waals surface area contributed by atoms with E-state index in [2.05, 4.69) is 56.0 Å². The van der Waals surface area contributed by atoms with E-state index in [1.54, 1.807) is 4.57 Å². The van der Waals surface area contributed by atoms with Crippen LogP contribution in [0.4, 0.5) is 0 Å². The van der Waals surface area contributed by atoms with Crippen molar-refractivity contribution in [2.45, 2.75) is 4.83 Å². The first kappa shape index (κ1) is 14.1. The maximum Gasteiger partial charge on any atom is 0.147 e. The number of imidazole rings is 1. The largest absolute Gasteiger partial charge is 0.252 e. The molecule has 1 aromatic heterocycles. The quantitative estimate of drug-likeness (QED) is 0.576. The second-order valence-electron chi connectivity index (χ2n) is 3.61. The van der Waals surface area contributed by atoms with E-state index in [0.717, 1.165) is 5.52 Å². The molecule has 0 aliphatic carbocycles. The highest BCUT2D eigenvalue weighted by atomic mass is 79.9. The Labute approximate surface area is 130 Å². The molecule has 0 N–H and O–H groups in total. The first-order chi connectivity index (χ1) is 9.72. The van der Waals surface area contributed by atoms with E-state index in [9.17, 15) is 0 Å². The molecule has 2 aromatic rings. The Morgan fingerprint density at radius 3 is 2.75 bits per heavy atom. The fourth-order valence-electron chi connectivity index (χ4n) is 1.70. The third kappa shape index (κ3) is 2.52. The predicted molar refractivity (Wildman–Crippen MR) is 85.0 cm³/mol. The van der Waals surface area contributed by atoms with Gasteiger partial charge in [-0.15, -0.1) is 12.8 Å². The van der Waals surface area contributed by atoms with Crippen LogP contribution in [0.2, 0.25) is 0 Å². The molecule has 0 radical (unpaired) electrons. The summed E-state index contributed by atoms with van der Waals surface area (Å²) in [6.45, 7) is 0. The molecule has 94 valence electrons. The van der Waals surface area contributed by atoms with Crippen molar-refractivity contribution in [1.29, 1.82) is 0 Å². The summed E-state index contributed by atoms with van der Waals surface area (Å²) < 4.78 is 1.66. The van der Waals surface area contributed by atoms with Crippen LogP contribution < -0.4 is 0 Å². The highest BCUT2D eigenvalue weighted by Crippen LogP contribution is 2.26.